The van der Waals surface area contributed by atoms with Crippen molar-refractivity contribution < 1.29 is 5.11 Å². The molecule has 2 rings (SSSR count). The van der Waals surface area contributed by atoms with Gasteiger partial charge in [0.05, 0.1) is 5.69 Å². The molecule has 0 saturated carbocycles. The van der Waals surface area contributed by atoms with Gasteiger partial charge in [-0.1, -0.05) is 12.1 Å². The van der Waals surface area contributed by atoms with Crippen molar-refractivity contribution in [2.45, 2.75) is 20.4 Å². The van der Waals surface area contributed by atoms with E-state index in [1.54, 1.807) is 6.07 Å². The quantitative estimate of drug-likeness (QED) is 0.655. The van der Waals surface area contributed by atoms with Crippen molar-refractivity contribution in [1.29, 1.82) is 0 Å². The van der Waals surface area contributed by atoms with Crippen molar-refractivity contribution in [3.05, 3.63) is 53.1 Å². The van der Waals surface area contributed by atoms with Crippen molar-refractivity contribution in [3.63, 3.8) is 0 Å². The maximum Gasteiger partial charge on any atom is 0.138 e. The second-order valence-electron chi connectivity index (χ2n) is 5.10. The van der Waals surface area contributed by atoms with Crippen LogP contribution in [0.25, 0.3) is 0 Å². The lowest BCUT2D eigenvalue weighted by molar-refractivity contribution is 0.478. The van der Waals surface area contributed by atoms with Crippen LogP contribution in [0.4, 0.5) is 11.4 Å². The Labute approximate surface area is 114 Å². The molecule has 0 fully saturated rings. The average Bonchev–Trinajstić information content (AvgIpc) is 2.32. The summed E-state index contributed by atoms with van der Waals surface area (Å²) in [6.07, 6.45) is 0. The number of rotatable bonds is 3. The van der Waals surface area contributed by atoms with Crippen LogP contribution >= 0.6 is 0 Å². The van der Waals surface area contributed by atoms with E-state index in [4.69, 9.17) is 5.73 Å². The smallest absolute Gasteiger partial charge is 0.138 e. The number of benzene rings is 2. The molecule has 2 aromatic rings. The highest BCUT2D eigenvalue weighted by Gasteiger charge is 2.05. The average molecular weight is 256 g/mol. The van der Waals surface area contributed by atoms with E-state index < -0.39 is 0 Å². The number of anilines is 2. The second kappa shape index (κ2) is 5.22. The molecule has 0 aliphatic carbocycles. The van der Waals surface area contributed by atoms with Crippen LogP contribution in [0, 0.1) is 13.8 Å². The number of hydrogen-bond acceptors (Lipinski definition) is 3. The van der Waals surface area contributed by atoms with Gasteiger partial charge in [0.25, 0.3) is 0 Å². The third-order valence-electron chi connectivity index (χ3n) is 3.16. The van der Waals surface area contributed by atoms with Crippen LogP contribution in [0.2, 0.25) is 0 Å². The molecule has 3 N–H and O–H groups in total. The first-order chi connectivity index (χ1) is 8.95. The van der Waals surface area contributed by atoms with E-state index in [1.807, 2.05) is 12.1 Å². The summed E-state index contributed by atoms with van der Waals surface area (Å²) in [6, 6.07) is 11.8. The van der Waals surface area contributed by atoms with Gasteiger partial charge in [-0.05, 0) is 54.8 Å². The van der Waals surface area contributed by atoms with E-state index in [0.717, 1.165) is 12.1 Å². The van der Waals surface area contributed by atoms with Gasteiger partial charge in [-0.2, -0.15) is 0 Å². The van der Waals surface area contributed by atoms with Crippen LogP contribution in [-0.4, -0.2) is 12.2 Å². The summed E-state index contributed by atoms with van der Waals surface area (Å²) < 4.78 is 0. The van der Waals surface area contributed by atoms with E-state index in [2.05, 4.69) is 44.0 Å². The molecule has 0 atom stereocenters. The molecule has 19 heavy (non-hydrogen) atoms. The molecule has 0 unspecified atom stereocenters. The zero-order valence-corrected chi connectivity index (χ0v) is 11.6. The Bertz CT molecular complexity index is 573. The monoisotopic (exact) mass is 256 g/mol. The third kappa shape index (κ3) is 3.19. The standard InChI is InChI=1S/C16H20N2O/c1-11-6-12(2)8-14(7-11)18(3)10-13-4-5-16(19)15(17)9-13/h4-9,19H,10,17H2,1-3H3. The predicted octanol–water partition coefficient (Wildman–Crippen LogP) is 3.23. The Kier molecular flexibility index (Phi) is 3.65. The second-order valence-corrected chi connectivity index (χ2v) is 5.10. The van der Waals surface area contributed by atoms with Crippen LogP contribution in [0.15, 0.2) is 36.4 Å². The SMILES string of the molecule is Cc1cc(C)cc(N(C)Cc2ccc(O)c(N)c2)c1. The molecule has 0 amide bonds. The van der Waals surface area contributed by atoms with Crippen molar-refractivity contribution in [2.24, 2.45) is 0 Å². The van der Waals surface area contributed by atoms with E-state index >= 15 is 0 Å². The Morgan fingerprint density at radius 1 is 1.05 bits per heavy atom. The van der Waals surface area contributed by atoms with Gasteiger partial charge < -0.3 is 15.7 Å². The van der Waals surface area contributed by atoms with Gasteiger partial charge >= 0.3 is 0 Å². The van der Waals surface area contributed by atoms with E-state index in [-0.39, 0.29) is 5.75 Å². The van der Waals surface area contributed by atoms with Gasteiger partial charge in [0.15, 0.2) is 0 Å². The third-order valence-corrected chi connectivity index (χ3v) is 3.16. The number of aromatic hydroxyl groups is 1. The van der Waals surface area contributed by atoms with Crippen molar-refractivity contribution in [2.75, 3.05) is 17.7 Å². The van der Waals surface area contributed by atoms with Gasteiger partial charge in [-0.3, -0.25) is 0 Å². The van der Waals surface area contributed by atoms with E-state index in [9.17, 15) is 5.11 Å². The minimum absolute atomic E-state index is 0.137. The summed E-state index contributed by atoms with van der Waals surface area (Å²) in [5, 5.41) is 9.43. The summed E-state index contributed by atoms with van der Waals surface area (Å²) in [5.74, 6) is 0.137. The molecule has 0 saturated heterocycles. The summed E-state index contributed by atoms with van der Waals surface area (Å²) in [7, 11) is 2.05. The minimum atomic E-state index is 0.137. The molecular formula is C16H20N2O. The fraction of sp³-hybridized carbons (Fsp3) is 0.250. The first-order valence-electron chi connectivity index (χ1n) is 6.32. The maximum atomic E-state index is 9.43. The molecule has 0 heterocycles. The highest BCUT2D eigenvalue weighted by Crippen LogP contribution is 2.23. The Morgan fingerprint density at radius 2 is 1.68 bits per heavy atom. The van der Waals surface area contributed by atoms with Crippen LogP contribution in [-0.2, 0) is 6.54 Å². The summed E-state index contributed by atoms with van der Waals surface area (Å²) >= 11 is 0. The first-order valence-corrected chi connectivity index (χ1v) is 6.32. The fourth-order valence-corrected chi connectivity index (χ4v) is 2.24. The highest BCUT2D eigenvalue weighted by atomic mass is 16.3. The van der Waals surface area contributed by atoms with Gasteiger partial charge in [0.2, 0.25) is 0 Å². The summed E-state index contributed by atoms with van der Waals surface area (Å²) in [4.78, 5) is 2.17. The summed E-state index contributed by atoms with van der Waals surface area (Å²) in [5.41, 5.74) is 10.9. The van der Waals surface area contributed by atoms with Gasteiger partial charge in [-0.15, -0.1) is 0 Å². The number of hydrogen-bond donors (Lipinski definition) is 2. The van der Waals surface area contributed by atoms with Crippen molar-refractivity contribution in [1.82, 2.24) is 0 Å². The fourth-order valence-electron chi connectivity index (χ4n) is 2.24. The highest BCUT2D eigenvalue weighted by molar-refractivity contribution is 5.55. The molecule has 3 heteroatoms. The van der Waals surface area contributed by atoms with Gasteiger partial charge in [0.1, 0.15) is 5.75 Å². The number of nitrogens with two attached hydrogens (primary N) is 1. The molecule has 0 aliphatic rings. The van der Waals surface area contributed by atoms with Crippen molar-refractivity contribution >= 4 is 11.4 Å². The lowest BCUT2D eigenvalue weighted by Crippen LogP contribution is -2.16. The van der Waals surface area contributed by atoms with Crippen LogP contribution in [0.3, 0.4) is 0 Å². The van der Waals surface area contributed by atoms with Gasteiger partial charge in [-0.25, -0.2) is 0 Å². The van der Waals surface area contributed by atoms with Gasteiger partial charge in [0, 0.05) is 19.3 Å². The maximum absolute atomic E-state index is 9.43. The molecule has 0 bridgehead atoms. The minimum Gasteiger partial charge on any atom is -0.506 e. The Balaban J connectivity index is 2.20. The molecule has 0 aliphatic heterocycles. The Morgan fingerprint density at radius 3 is 2.26 bits per heavy atom. The van der Waals surface area contributed by atoms with E-state index in [1.165, 1.54) is 16.8 Å². The largest absolute Gasteiger partial charge is 0.506 e. The first kappa shape index (κ1) is 13.3. The lowest BCUT2D eigenvalue weighted by atomic mass is 10.1. The summed E-state index contributed by atoms with van der Waals surface area (Å²) in [6.45, 7) is 4.96. The Hall–Kier alpha value is -2.16. The van der Waals surface area contributed by atoms with Crippen LogP contribution in [0.1, 0.15) is 16.7 Å². The normalized spacial score (nSPS) is 10.5. The lowest BCUT2D eigenvalue weighted by Gasteiger charge is -2.21. The molecule has 0 aromatic heterocycles. The molecular weight excluding hydrogens is 236 g/mol. The number of nitrogen functional groups attached to an aromatic ring is 1. The van der Waals surface area contributed by atoms with E-state index in [0.29, 0.717) is 5.69 Å². The van der Waals surface area contributed by atoms with Crippen LogP contribution < -0.4 is 10.6 Å². The number of aryl methyl sites for hydroxylation is 2. The van der Waals surface area contributed by atoms with Crippen molar-refractivity contribution in [3.8, 4) is 5.75 Å². The number of nitrogens with zero attached hydrogens (tertiary/aromatic N) is 1. The zero-order valence-electron chi connectivity index (χ0n) is 11.6. The number of phenolic OH excluding ortho intramolecular Hbond substituents is 1. The van der Waals surface area contributed by atoms with Crippen LogP contribution in [0.5, 0.6) is 5.75 Å². The number of phenols is 1. The molecule has 2 aromatic carbocycles. The molecule has 3 nitrogen and oxygen atoms in total. The topological polar surface area (TPSA) is 49.5 Å². The molecule has 100 valence electrons. The molecule has 0 radical (unpaired) electrons. The molecule has 0 spiro atoms. The zero-order chi connectivity index (χ0) is 14.0. The predicted molar refractivity (Wildman–Crippen MR) is 80.5 cm³/mol.